The number of esters is 1. The number of carbonyl (C=O) groups is 1. The molecule has 0 saturated heterocycles. The van der Waals surface area contributed by atoms with Gasteiger partial charge >= 0.3 is 5.97 Å². The molecule has 0 bridgehead atoms. The van der Waals surface area contributed by atoms with E-state index >= 15 is 0 Å². The highest BCUT2D eigenvalue weighted by Gasteiger charge is 2.20. The normalized spacial score (nSPS) is 11.9. The summed E-state index contributed by atoms with van der Waals surface area (Å²) in [6, 6.07) is 3.42. The summed E-state index contributed by atoms with van der Waals surface area (Å²) in [5.41, 5.74) is 0.779. The third-order valence-corrected chi connectivity index (χ3v) is 2.97. The van der Waals surface area contributed by atoms with Crippen LogP contribution in [0.2, 0.25) is 10.3 Å². The molecule has 1 atom stereocenters. The average molecular weight is 288 g/mol. The molecule has 1 heterocycles. The Hall–Kier alpha value is -1.06. The Balaban J connectivity index is 2.82. The summed E-state index contributed by atoms with van der Waals surface area (Å²) >= 11 is 11.7. The van der Waals surface area contributed by atoms with Crippen LogP contribution < -0.4 is 0 Å². The number of hydrogen-bond acceptors (Lipinski definition) is 3. The maximum atomic E-state index is 11.8. The predicted octanol–water partition coefficient (Wildman–Crippen LogP) is 3.69. The van der Waals surface area contributed by atoms with Crippen LogP contribution in [-0.4, -0.2) is 17.6 Å². The van der Waals surface area contributed by atoms with Gasteiger partial charge in [0.15, 0.2) is 0 Å². The number of aromatic nitrogens is 1. The predicted molar refractivity (Wildman–Crippen MR) is 72.9 cm³/mol. The van der Waals surface area contributed by atoms with Gasteiger partial charge in [0, 0.05) is 0 Å². The maximum absolute atomic E-state index is 11.8. The van der Waals surface area contributed by atoms with Gasteiger partial charge in [-0.1, -0.05) is 35.3 Å². The largest absolute Gasteiger partial charge is 0.466 e. The molecule has 98 valence electrons. The van der Waals surface area contributed by atoms with Gasteiger partial charge in [0.2, 0.25) is 0 Å². The zero-order chi connectivity index (χ0) is 13.5. The average Bonchev–Trinajstić information content (AvgIpc) is 2.32. The van der Waals surface area contributed by atoms with E-state index in [4.69, 9.17) is 27.9 Å². The summed E-state index contributed by atoms with van der Waals surface area (Å²) in [6.45, 7) is 5.78. The van der Waals surface area contributed by atoms with Gasteiger partial charge in [0.1, 0.15) is 10.3 Å². The fourth-order valence-electron chi connectivity index (χ4n) is 1.58. The van der Waals surface area contributed by atoms with Crippen LogP contribution in [-0.2, 0) is 16.0 Å². The second kappa shape index (κ2) is 7.39. The minimum absolute atomic E-state index is 0.247. The second-order valence-electron chi connectivity index (χ2n) is 3.76. The van der Waals surface area contributed by atoms with Crippen molar-refractivity contribution in [3.63, 3.8) is 0 Å². The summed E-state index contributed by atoms with van der Waals surface area (Å²) < 4.78 is 5.02. The summed E-state index contributed by atoms with van der Waals surface area (Å²) in [6.07, 6.45) is 2.70. The third kappa shape index (κ3) is 4.31. The Bertz CT molecular complexity index is 435. The molecule has 3 nitrogen and oxygen atoms in total. The van der Waals surface area contributed by atoms with Crippen molar-refractivity contribution in [1.82, 2.24) is 4.98 Å². The van der Waals surface area contributed by atoms with E-state index in [-0.39, 0.29) is 11.9 Å². The van der Waals surface area contributed by atoms with E-state index in [9.17, 15) is 4.79 Å². The van der Waals surface area contributed by atoms with Crippen LogP contribution in [0.4, 0.5) is 0 Å². The highest BCUT2D eigenvalue weighted by Crippen LogP contribution is 2.22. The first-order valence-electron chi connectivity index (χ1n) is 5.67. The van der Waals surface area contributed by atoms with E-state index in [1.165, 1.54) is 0 Å². The van der Waals surface area contributed by atoms with Gasteiger partial charge in [-0.25, -0.2) is 4.98 Å². The van der Waals surface area contributed by atoms with Crippen LogP contribution in [0.25, 0.3) is 0 Å². The lowest BCUT2D eigenvalue weighted by Gasteiger charge is -2.14. The van der Waals surface area contributed by atoms with Crippen molar-refractivity contribution in [1.29, 1.82) is 0 Å². The number of halogens is 2. The zero-order valence-corrected chi connectivity index (χ0v) is 11.7. The number of pyridine rings is 1. The van der Waals surface area contributed by atoms with E-state index in [1.54, 1.807) is 25.1 Å². The molecular formula is C13H15Cl2NO2. The maximum Gasteiger partial charge on any atom is 0.309 e. The van der Waals surface area contributed by atoms with Crippen LogP contribution in [0.1, 0.15) is 18.9 Å². The Morgan fingerprint density at radius 2 is 2.28 bits per heavy atom. The van der Waals surface area contributed by atoms with Gasteiger partial charge < -0.3 is 4.74 Å². The monoisotopic (exact) mass is 287 g/mol. The first-order valence-corrected chi connectivity index (χ1v) is 6.42. The van der Waals surface area contributed by atoms with E-state index in [1.807, 2.05) is 0 Å². The number of nitrogens with zero attached hydrogens (tertiary/aromatic N) is 1. The first kappa shape index (κ1) is 15.0. The Morgan fingerprint density at radius 3 is 2.83 bits per heavy atom. The van der Waals surface area contributed by atoms with Gasteiger partial charge in [-0.05, 0) is 31.4 Å². The van der Waals surface area contributed by atoms with Crippen molar-refractivity contribution in [2.75, 3.05) is 6.61 Å². The molecule has 0 aliphatic heterocycles. The quantitative estimate of drug-likeness (QED) is 0.455. The lowest BCUT2D eigenvalue weighted by atomic mass is 9.97. The fourth-order valence-corrected chi connectivity index (χ4v) is 2.00. The molecule has 5 heteroatoms. The minimum atomic E-state index is -0.289. The minimum Gasteiger partial charge on any atom is -0.466 e. The number of hydrogen-bond donors (Lipinski definition) is 0. The van der Waals surface area contributed by atoms with Crippen LogP contribution in [0.3, 0.4) is 0 Å². The van der Waals surface area contributed by atoms with Crippen LogP contribution in [0, 0.1) is 5.92 Å². The number of ether oxygens (including phenoxy) is 1. The number of carbonyl (C=O) groups excluding carboxylic acids is 1. The van der Waals surface area contributed by atoms with Crippen LogP contribution in [0.15, 0.2) is 24.8 Å². The van der Waals surface area contributed by atoms with E-state index in [0.717, 1.165) is 5.56 Å². The van der Waals surface area contributed by atoms with Gasteiger partial charge in [0.05, 0.1) is 12.5 Å². The molecule has 0 aromatic carbocycles. The molecule has 1 unspecified atom stereocenters. The van der Waals surface area contributed by atoms with Gasteiger partial charge in [-0.3, -0.25) is 4.79 Å². The van der Waals surface area contributed by atoms with Crippen molar-refractivity contribution in [3.8, 4) is 0 Å². The van der Waals surface area contributed by atoms with Crippen molar-refractivity contribution in [3.05, 3.63) is 40.7 Å². The molecule has 0 N–H and O–H groups in total. The molecular weight excluding hydrogens is 273 g/mol. The Kier molecular flexibility index (Phi) is 6.16. The smallest absolute Gasteiger partial charge is 0.309 e. The van der Waals surface area contributed by atoms with Gasteiger partial charge in [-0.2, -0.15) is 0 Å². The molecule has 1 aromatic rings. The van der Waals surface area contributed by atoms with Crippen molar-refractivity contribution in [2.24, 2.45) is 5.92 Å². The molecule has 1 rings (SSSR count). The molecule has 0 fully saturated rings. The van der Waals surface area contributed by atoms with Gasteiger partial charge in [-0.15, -0.1) is 6.58 Å². The molecule has 18 heavy (non-hydrogen) atoms. The van der Waals surface area contributed by atoms with Gasteiger partial charge in [0.25, 0.3) is 0 Å². The fraction of sp³-hybridized carbons (Fsp3) is 0.385. The molecule has 0 amide bonds. The van der Waals surface area contributed by atoms with Crippen molar-refractivity contribution < 1.29 is 9.53 Å². The summed E-state index contributed by atoms with van der Waals surface area (Å²) in [5, 5.41) is 0.654. The SMILES string of the molecule is C=CCC(Cc1ccc(Cl)nc1Cl)C(=O)OCC. The summed E-state index contributed by atoms with van der Waals surface area (Å²) in [4.78, 5) is 15.7. The molecule has 0 saturated carbocycles. The Labute approximate surface area is 117 Å². The number of rotatable bonds is 6. The number of allylic oxidation sites excluding steroid dienone is 1. The molecule has 1 aromatic heterocycles. The third-order valence-electron chi connectivity index (χ3n) is 2.43. The van der Waals surface area contributed by atoms with Crippen molar-refractivity contribution in [2.45, 2.75) is 19.8 Å². The standard InChI is InChI=1S/C13H15Cl2NO2/c1-3-5-10(13(17)18-4-2)8-9-6-7-11(14)16-12(9)15/h3,6-7,10H,1,4-5,8H2,2H3. The molecule has 0 aliphatic rings. The van der Waals surface area contributed by atoms with Crippen molar-refractivity contribution >= 4 is 29.2 Å². The molecule has 0 radical (unpaired) electrons. The lowest BCUT2D eigenvalue weighted by molar-refractivity contribution is -0.147. The molecule has 0 spiro atoms. The van der Waals surface area contributed by atoms with E-state index in [0.29, 0.717) is 29.8 Å². The van der Waals surface area contributed by atoms with Crippen LogP contribution in [0.5, 0.6) is 0 Å². The first-order chi connectivity index (χ1) is 8.58. The Morgan fingerprint density at radius 1 is 1.56 bits per heavy atom. The zero-order valence-electron chi connectivity index (χ0n) is 10.2. The summed E-state index contributed by atoms with van der Waals surface area (Å²) in [5.74, 6) is -0.536. The molecule has 0 aliphatic carbocycles. The lowest BCUT2D eigenvalue weighted by Crippen LogP contribution is -2.19. The summed E-state index contributed by atoms with van der Waals surface area (Å²) in [7, 11) is 0. The topological polar surface area (TPSA) is 39.2 Å². The van der Waals surface area contributed by atoms with E-state index < -0.39 is 0 Å². The van der Waals surface area contributed by atoms with Crippen LogP contribution >= 0.6 is 23.2 Å². The highest BCUT2D eigenvalue weighted by molar-refractivity contribution is 6.32. The van der Waals surface area contributed by atoms with E-state index in [2.05, 4.69) is 11.6 Å². The highest BCUT2D eigenvalue weighted by atomic mass is 35.5. The second-order valence-corrected chi connectivity index (χ2v) is 4.51.